The highest BCUT2D eigenvalue weighted by Gasteiger charge is 2.19. The molecule has 0 heterocycles. The maximum Gasteiger partial charge on any atom is 0.339 e. The third kappa shape index (κ3) is 5.66. The molecule has 8 heteroatoms. The lowest BCUT2D eigenvalue weighted by Crippen LogP contribution is -2.30. The number of carbonyl (C=O) groups excluding carboxylic acids is 2. The van der Waals surface area contributed by atoms with Crippen LogP contribution in [-0.2, 0) is 25.8 Å². The first-order valence-corrected chi connectivity index (χ1v) is 9.64. The molecule has 2 aromatic carbocycles. The molecule has 0 saturated carbocycles. The van der Waals surface area contributed by atoms with Gasteiger partial charge in [-0.25, -0.2) is 17.6 Å². The molecule has 0 spiro atoms. The summed E-state index contributed by atoms with van der Waals surface area (Å²) >= 11 is 0. The molecule has 0 aliphatic carbocycles. The number of esters is 1. The first kappa shape index (κ1) is 19.6. The number of rotatable bonds is 7. The molecule has 0 unspecified atom stereocenters. The highest BCUT2D eigenvalue weighted by Crippen LogP contribution is 2.16. The van der Waals surface area contributed by atoms with Gasteiger partial charge in [0.05, 0.1) is 10.5 Å². The summed E-state index contributed by atoms with van der Waals surface area (Å²) in [6.07, 6.45) is 1.48. The Kier molecular flexibility index (Phi) is 6.46. The predicted octanol–water partition coefficient (Wildman–Crippen LogP) is 1.74. The van der Waals surface area contributed by atoms with Crippen molar-refractivity contribution in [3.8, 4) is 0 Å². The number of ether oxygens (including phenoxy) is 1. The van der Waals surface area contributed by atoms with E-state index in [1.807, 2.05) is 0 Å². The number of hydrogen-bond acceptors (Lipinski definition) is 5. The highest BCUT2D eigenvalue weighted by atomic mass is 32.2. The average Bonchev–Trinajstić information content (AvgIpc) is 2.60. The molecule has 0 radical (unpaired) electrons. The predicted molar refractivity (Wildman–Crippen MR) is 92.9 cm³/mol. The Labute approximate surface area is 150 Å². The van der Waals surface area contributed by atoms with Gasteiger partial charge >= 0.3 is 5.97 Å². The van der Waals surface area contributed by atoms with E-state index in [-0.39, 0.29) is 16.3 Å². The minimum absolute atomic E-state index is 0.117. The highest BCUT2D eigenvalue weighted by molar-refractivity contribution is 7.90. The Balaban J connectivity index is 1.84. The van der Waals surface area contributed by atoms with Gasteiger partial charge in [0, 0.05) is 12.8 Å². The van der Waals surface area contributed by atoms with Crippen LogP contribution >= 0.6 is 0 Å². The lowest BCUT2D eigenvalue weighted by Gasteiger charge is -2.09. The van der Waals surface area contributed by atoms with Crippen molar-refractivity contribution in [3.05, 3.63) is 65.5 Å². The summed E-state index contributed by atoms with van der Waals surface area (Å²) in [6.45, 7) is -0.234. The van der Waals surface area contributed by atoms with E-state index in [9.17, 15) is 22.4 Å². The zero-order valence-electron chi connectivity index (χ0n) is 14.1. The molecule has 1 N–H and O–H groups in total. The fourth-order valence-electron chi connectivity index (χ4n) is 2.22. The first-order chi connectivity index (χ1) is 12.3. The molecule has 1 amide bonds. The van der Waals surface area contributed by atoms with Gasteiger partial charge in [-0.2, -0.15) is 0 Å². The fraction of sp³-hybridized carbons (Fsp3) is 0.222. The average molecular weight is 379 g/mol. The van der Waals surface area contributed by atoms with Crippen molar-refractivity contribution in [2.45, 2.75) is 11.3 Å². The lowest BCUT2D eigenvalue weighted by molar-refractivity contribution is -0.124. The van der Waals surface area contributed by atoms with Crippen LogP contribution in [0.2, 0.25) is 0 Å². The molecule has 2 rings (SSSR count). The molecule has 26 heavy (non-hydrogen) atoms. The summed E-state index contributed by atoms with van der Waals surface area (Å²) in [6, 6.07) is 11.5. The van der Waals surface area contributed by atoms with E-state index < -0.39 is 28.3 Å². The molecule has 0 bridgehead atoms. The monoisotopic (exact) mass is 379 g/mol. The van der Waals surface area contributed by atoms with E-state index in [0.29, 0.717) is 13.0 Å². The Morgan fingerprint density at radius 1 is 1.08 bits per heavy atom. The van der Waals surface area contributed by atoms with Crippen molar-refractivity contribution < 1.29 is 27.1 Å². The smallest absolute Gasteiger partial charge is 0.339 e. The molecule has 0 aromatic heterocycles. The minimum atomic E-state index is -3.59. The Hall–Kier alpha value is -2.74. The minimum Gasteiger partial charge on any atom is -0.452 e. The van der Waals surface area contributed by atoms with Crippen LogP contribution < -0.4 is 5.32 Å². The third-order valence-corrected chi connectivity index (χ3v) is 4.64. The third-order valence-electron chi connectivity index (χ3n) is 3.49. The van der Waals surface area contributed by atoms with Crippen LogP contribution in [-0.4, -0.2) is 39.7 Å². The molecule has 6 nitrogen and oxygen atoms in total. The van der Waals surface area contributed by atoms with Gasteiger partial charge in [0.1, 0.15) is 5.82 Å². The second-order valence-electron chi connectivity index (χ2n) is 5.57. The van der Waals surface area contributed by atoms with Gasteiger partial charge in [0.25, 0.3) is 5.91 Å². The van der Waals surface area contributed by atoms with Crippen molar-refractivity contribution in [1.29, 1.82) is 0 Å². The van der Waals surface area contributed by atoms with Crippen LogP contribution in [0.1, 0.15) is 15.9 Å². The van der Waals surface area contributed by atoms with Crippen LogP contribution in [0.5, 0.6) is 0 Å². The standard InChI is InChI=1S/C18H18FNO5S/c1-26(23,24)16-5-3-2-4-15(16)18(22)25-12-17(21)20-11-10-13-6-8-14(19)9-7-13/h2-9H,10-12H2,1H3,(H,20,21). The number of amides is 1. The Bertz CT molecular complexity index is 894. The lowest BCUT2D eigenvalue weighted by atomic mass is 10.1. The quantitative estimate of drug-likeness (QED) is 0.741. The summed E-state index contributed by atoms with van der Waals surface area (Å²) in [7, 11) is -3.59. The van der Waals surface area contributed by atoms with Crippen LogP contribution in [0.3, 0.4) is 0 Å². The zero-order valence-corrected chi connectivity index (χ0v) is 14.9. The van der Waals surface area contributed by atoms with E-state index in [2.05, 4.69) is 5.32 Å². The van der Waals surface area contributed by atoms with Gasteiger partial charge in [-0.15, -0.1) is 0 Å². The number of sulfone groups is 1. The van der Waals surface area contributed by atoms with Crippen molar-refractivity contribution in [2.24, 2.45) is 0 Å². The van der Waals surface area contributed by atoms with Crippen LogP contribution in [0.4, 0.5) is 4.39 Å². The van der Waals surface area contributed by atoms with E-state index >= 15 is 0 Å². The molecular formula is C18H18FNO5S. The van der Waals surface area contributed by atoms with Crippen molar-refractivity contribution in [1.82, 2.24) is 5.32 Å². The van der Waals surface area contributed by atoms with Crippen LogP contribution in [0.25, 0.3) is 0 Å². The van der Waals surface area contributed by atoms with Gasteiger partial charge in [-0.3, -0.25) is 4.79 Å². The topological polar surface area (TPSA) is 89.5 Å². The van der Waals surface area contributed by atoms with Gasteiger partial charge in [0.2, 0.25) is 0 Å². The zero-order chi connectivity index (χ0) is 19.2. The van der Waals surface area contributed by atoms with E-state index in [1.54, 1.807) is 12.1 Å². The summed E-state index contributed by atoms with van der Waals surface area (Å²) in [5, 5.41) is 2.57. The SMILES string of the molecule is CS(=O)(=O)c1ccccc1C(=O)OCC(=O)NCCc1ccc(F)cc1. The second kappa shape index (κ2) is 8.57. The van der Waals surface area contributed by atoms with Gasteiger partial charge in [-0.05, 0) is 36.2 Å². The fourth-order valence-corrected chi connectivity index (χ4v) is 3.09. The van der Waals surface area contributed by atoms with E-state index in [1.165, 1.54) is 36.4 Å². The van der Waals surface area contributed by atoms with E-state index in [4.69, 9.17) is 4.74 Å². The maximum absolute atomic E-state index is 12.8. The summed E-state index contributed by atoms with van der Waals surface area (Å²) < 4.78 is 41.0. The van der Waals surface area contributed by atoms with Gasteiger partial charge < -0.3 is 10.1 Å². The van der Waals surface area contributed by atoms with Crippen LogP contribution in [0, 0.1) is 5.82 Å². The summed E-state index contributed by atoms with van der Waals surface area (Å²) in [5.41, 5.74) is 0.736. The molecule has 0 atom stereocenters. The van der Waals surface area contributed by atoms with Crippen molar-refractivity contribution in [3.63, 3.8) is 0 Å². The van der Waals surface area contributed by atoms with Crippen molar-refractivity contribution >= 4 is 21.7 Å². The molecular weight excluding hydrogens is 361 g/mol. The molecule has 0 saturated heterocycles. The summed E-state index contributed by atoms with van der Waals surface area (Å²) in [5.74, 6) is -1.74. The number of nitrogens with one attached hydrogen (secondary N) is 1. The molecule has 0 aliphatic heterocycles. The van der Waals surface area contributed by atoms with Crippen LogP contribution in [0.15, 0.2) is 53.4 Å². The first-order valence-electron chi connectivity index (χ1n) is 7.75. The van der Waals surface area contributed by atoms with E-state index in [0.717, 1.165) is 11.8 Å². The Morgan fingerprint density at radius 2 is 1.73 bits per heavy atom. The molecule has 0 fully saturated rings. The normalized spacial score (nSPS) is 11.0. The Morgan fingerprint density at radius 3 is 2.38 bits per heavy atom. The number of halogens is 1. The molecule has 138 valence electrons. The van der Waals surface area contributed by atoms with Crippen molar-refractivity contribution in [2.75, 3.05) is 19.4 Å². The van der Waals surface area contributed by atoms with Gasteiger partial charge in [-0.1, -0.05) is 24.3 Å². The number of carbonyl (C=O) groups is 2. The van der Waals surface area contributed by atoms with Gasteiger partial charge in [0.15, 0.2) is 16.4 Å². The second-order valence-corrected chi connectivity index (χ2v) is 7.56. The largest absolute Gasteiger partial charge is 0.452 e. The number of benzene rings is 2. The number of hydrogen-bond donors (Lipinski definition) is 1. The maximum atomic E-state index is 12.8. The molecule has 2 aromatic rings. The molecule has 0 aliphatic rings. The summed E-state index contributed by atoms with van der Waals surface area (Å²) in [4.78, 5) is 23.6.